The Labute approximate surface area is 170 Å². The molecule has 0 N–H and O–H groups in total. The zero-order valence-corrected chi connectivity index (χ0v) is 16.5. The molecule has 0 bridgehead atoms. The van der Waals surface area contributed by atoms with Crippen LogP contribution in [0.25, 0.3) is 11.0 Å². The molecule has 28 heavy (non-hydrogen) atoms. The first-order valence-corrected chi connectivity index (χ1v) is 9.96. The van der Waals surface area contributed by atoms with Gasteiger partial charge in [0.15, 0.2) is 10.6 Å². The summed E-state index contributed by atoms with van der Waals surface area (Å²) in [6.07, 6.45) is 1.59. The second-order valence-corrected chi connectivity index (χ2v) is 8.05. The van der Waals surface area contributed by atoms with E-state index in [9.17, 15) is 14.0 Å². The molecule has 0 fully saturated rings. The molecule has 1 aliphatic heterocycles. The fraction of sp³-hybridized carbons (Fsp3) is 0.0500. The Morgan fingerprint density at radius 2 is 1.93 bits per heavy atom. The molecule has 0 saturated heterocycles. The van der Waals surface area contributed by atoms with Crippen LogP contribution in [0.15, 0.2) is 67.7 Å². The quantitative estimate of drug-likeness (QED) is 0.430. The zero-order chi connectivity index (χ0) is 19.4. The third-order valence-corrected chi connectivity index (χ3v) is 5.94. The molecule has 5 rings (SSSR count). The average Bonchev–Trinajstić information content (AvgIpc) is 3.30. The summed E-state index contributed by atoms with van der Waals surface area (Å²) in [7, 11) is 0. The van der Waals surface area contributed by atoms with Crippen molar-refractivity contribution >= 4 is 49.3 Å². The van der Waals surface area contributed by atoms with Gasteiger partial charge in [-0.05, 0) is 35.9 Å². The molecule has 1 atom stereocenters. The Kier molecular flexibility index (Phi) is 3.92. The van der Waals surface area contributed by atoms with E-state index in [2.05, 4.69) is 20.9 Å². The van der Waals surface area contributed by atoms with Crippen molar-refractivity contribution < 1.29 is 13.6 Å². The van der Waals surface area contributed by atoms with Crippen LogP contribution < -0.4 is 10.3 Å². The maximum atomic E-state index is 13.7. The molecule has 2 aromatic carbocycles. The second kappa shape index (κ2) is 6.35. The van der Waals surface area contributed by atoms with E-state index in [1.165, 1.54) is 28.4 Å². The first kappa shape index (κ1) is 17.3. The largest absolute Gasteiger partial charge is 0.450 e. The molecule has 0 aliphatic carbocycles. The predicted octanol–water partition coefficient (Wildman–Crippen LogP) is 4.90. The molecular formula is C20H10BrFN2O3S. The molecule has 4 aromatic rings. The number of aromatic nitrogens is 1. The highest BCUT2D eigenvalue weighted by atomic mass is 79.9. The van der Waals surface area contributed by atoms with E-state index >= 15 is 0 Å². The summed E-state index contributed by atoms with van der Waals surface area (Å²) in [5.41, 5.74) is 0.680. The molecule has 0 radical (unpaired) electrons. The van der Waals surface area contributed by atoms with E-state index in [0.717, 1.165) is 16.1 Å². The molecule has 0 saturated carbocycles. The molecule has 138 valence electrons. The van der Waals surface area contributed by atoms with Crippen LogP contribution in [-0.4, -0.2) is 10.9 Å². The van der Waals surface area contributed by atoms with Gasteiger partial charge in [-0.15, -0.1) is 11.3 Å². The minimum Gasteiger partial charge on any atom is -0.450 e. The summed E-state index contributed by atoms with van der Waals surface area (Å²) in [4.78, 5) is 32.1. The Bertz CT molecular complexity index is 1290. The summed E-state index contributed by atoms with van der Waals surface area (Å²) in [5, 5.41) is 2.32. The van der Waals surface area contributed by atoms with Gasteiger partial charge in [-0.3, -0.25) is 14.5 Å². The number of carbonyl (C=O) groups is 1. The molecule has 8 heteroatoms. The highest BCUT2D eigenvalue weighted by molar-refractivity contribution is 9.10. The van der Waals surface area contributed by atoms with Crippen molar-refractivity contribution in [2.45, 2.75) is 6.04 Å². The molecular weight excluding hydrogens is 447 g/mol. The number of fused-ring (bicyclic) bond motifs is 2. The predicted molar refractivity (Wildman–Crippen MR) is 107 cm³/mol. The summed E-state index contributed by atoms with van der Waals surface area (Å²) in [6, 6.07) is 10.3. The molecule has 1 amide bonds. The van der Waals surface area contributed by atoms with Crippen LogP contribution in [0.4, 0.5) is 9.52 Å². The number of nitrogens with zero attached hydrogens (tertiary/aromatic N) is 2. The van der Waals surface area contributed by atoms with Crippen molar-refractivity contribution in [3.05, 3.63) is 91.4 Å². The lowest BCUT2D eigenvalue weighted by molar-refractivity contribution is 0.0971. The van der Waals surface area contributed by atoms with E-state index < -0.39 is 23.2 Å². The lowest BCUT2D eigenvalue weighted by atomic mass is 9.99. The van der Waals surface area contributed by atoms with Crippen LogP contribution in [0.2, 0.25) is 0 Å². The van der Waals surface area contributed by atoms with Crippen molar-refractivity contribution in [3.63, 3.8) is 0 Å². The van der Waals surface area contributed by atoms with Gasteiger partial charge in [0.1, 0.15) is 11.4 Å². The van der Waals surface area contributed by atoms with E-state index in [4.69, 9.17) is 4.42 Å². The topological polar surface area (TPSA) is 63.4 Å². The number of hydrogen-bond acceptors (Lipinski definition) is 5. The molecule has 3 heterocycles. The first-order chi connectivity index (χ1) is 13.5. The third-order valence-electron chi connectivity index (χ3n) is 4.64. The smallest absolute Gasteiger partial charge is 0.297 e. The number of hydrogen-bond donors (Lipinski definition) is 0. The molecule has 2 aromatic heterocycles. The Balaban J connectivity index is 1.83. The van der Waals surface area contributed by atoms with Gasteiger partial charge in [0.05, 0.1) is 17.0 Å². The maximum Gasteiger partial charge on any atom is 0.297 e. The van der Waals surface area contributed by atoms with Crippen LogP contribution in [0.5, 0.6) is 0 Å². The van der Waals surface area contributed by atoms with Crippen LogP contribution in [0, 0.1) is 5.82 Å². The van der Waals surface area contributed by atoms with Gasteiger partial charge in [-0.2, -0.15) is 0 Å². The monoisotopic (exact) mass is 456 g/mol. The molecule has 5 nitrogen and oxygen atoms in total. The normalized spacial score (nSPS) is 16.0. The lowest BCUT2D eigenvalue weighted by Crippen LogP contribution is -2.29. The minimum atomic E-state index is -0.703. The van der Waals surface area contributed by atoms with Crippen LogP contribution in [0.1, 0.15) is 27.7 Å². The van der Waals surface area contributed by atoms with Crippen molar-refractivity contribution in [1.29, 1.82) is 0 Å². The maximum absolute atomic E-state index is 13.7. The fourth-order valence-corrected chi connectivity index (χ4v) is 4.37. The number of benzene rings is 2. The fourth-order valence-electron chi connectivity index (χ4n) is 3.44. The van der Waals surface area contributed by atoms with Crippen molar-refractivity contribution in [2.75, 3.05) is 4.90 Å². The number of anilines is 1. The van der Waals surface area contributed by atoms with Crippen LogP contribution >= 0.6 is 27.3 Å². The summed E-state index contributed by atoms with van der Waals surface area (Å²) >= 11 is 4.68. The zero-order valence-electron chi connectivity index (χ0n) is 14.1. The third kappa shape index (κ3) is 2.52. The second-order valence-electron chi connectivity index (χ2n) is 6.26. The summed E-state index contributed by atoms with van der Waals surface area (Å²) in [6.45, 7) is 0. The lowest BCUT2D eigenvalue weighted by Gasteiger charge is -2.22. The van der Waals surface area contributed by atoms with Gasteiger partial charge in [-0.25, -0.2) is 9.37 Å². The summed E-state index contributed by atoms with van der Waals surface area (Å²) in [5.74, 6) is -1.02. The Hall–Kier alpha value is -2.84. The van der Waals surface area contributed by atoms with Gasteiger partial charge in [0.25, 0.3) is 5.91 Å². The van der Waals surface area contributed by atoms with Gasteiger partial charge >= 0.3 is 0 Å². The van der Waals surface area contributed by atoms with Crippen molar-refractivity contribution in [2.24, 2.45) is 0 Å². The van der Waals surface area contributed by atoms with Gasteiger partial charge in [-0.1, -0.05) is 28.1 Å². The number of halogens is 2. The van der Waals surface area contributed by atoms with E-state index in [1.54, 1.807) is 11.6 Å². The van der Waals surface area contributed by atoms with E-state index in [-0.39, 0.29) is 22.3 Å². The number of rotatable bonds is 2. The molecule has 1 unspecified atom stereocenters. The number of amides is 1. The van der Waals surface area contributed by atoms with Crippen molar-refractivity contribution in [1.82, 2.24) is 4.98 Å². The highest BCUT2D eigenvalue weighted by Crippen LogP contribution is 2.41. The standard InChI is InChI=1S/C20H10BrFN2O3S/c21-11-3-1-10(2-4-11)16-15-17(25)13-9-12(22)5-6-14(13)27-18(15)19(26)24(16)20-23-7-8-28-20/h1-9,16H. The van der Waals surface area contributed by atoms with Crippen LogP contribution in [-0.2, 0) is 0 Å². The van der Waals surface area contributed by atoms with E-state index in [0.29, 0.717) is 5.13 Å². The highest BCUT2D eigenvalue weighted by Gasteiger charge is 2.44. The van der Waals surface area contributed by atoms with Gasteiger partial charge < -0.3 is 4.42 Å². The number of thiazole rings is 1. The van der Waals surface area contributed by atoms with Gasteiger partial charge in [0, 0.05) is 16.0 Å². The average molecular weight is 457 g/mol. The van der Waals surface area contributed by atoms with Crippen LogP contribution in [0.3, 0.4) is 0 Å². The number of carbonyl (C=O) groups excluding carboxylic acids is 1. The minimum absolute atomic E-state index is 0.0350. The summed E-state index contributed by atoms with van der Waals surface area (Å²) < 4.78 is 20.4. The van der Waals surface area contributed by atoms with Crippen molar-refractivity contribution in [3.8, 4) is 0 Å². The van der Waals surface area contributed by atoms with E-state index in [1.807, 2.05) is 24.3 Å². The first-order valence-electron chi connectivity index (χ1n) is 8.29. The Morgan fingerprint density at radius 3 is 2.64 bits per heavy atom. The Morgan fingerprint density at radius 1 is 1.14 bits per heavy atom. The SMILES string of the molecule is O=C1c2oc3ccc(F)cc3c(=O)c2C(c2ccc(Br)cc2)N1c1nccs1. The molecule has 0 spiro atoms. The molecule has 1 aliphatic rings. The van der Waals surface area contributed by atoms with Gasteiger partial charge in [0.2, 0.25) is 5.76 Å².